The summed E-state index contributed by atoms with van der Waals surface area (Å²) >= 11 is 0. The first-order chi connectivity index (χ1) is 14.4. The molecule has 0 amide bonds. The summed E-state index contributed by atoms with van der Waals surface area (Å²) in [6.45, 7) is 3.41. The third-order valence-electron chi connectivity index (χ3n) is 4.76. The molecule has 9 nitrogen and oxygen atoms in total. The maximum Gasteiger partial charge on any atom is 0.154 e. The average Bonchev–Trinajstić information content (AvgIpc) is 3.34. The molecule has 1 aromatic carbocycles. The van der Waals surface area contributed by atoms with Crippen LogP contribution in [0, 0.1) is 5.82 Å². The van der Waals surface area contributed by atoms with Crippen LogP contribution in [0.4, 0.5) is 10.2 Å². The van der Waals surface area contributed by atoms with Crippen LogP contribution >= 0.6 is 0 Å². The Hall–Kier alpha value is -3.53. The van der Waals surface area contributed by atoms with Crippen LogP contribution in [-0.4, -0.2) is 60.2 Å². The Morgan fingerprint density at radius 2 is 2.07 bits per heavy atom. The second kappa shape index (κ2) is 8.07. The van der Waals surface area contributed by atoms with Crippen molar-refractivity contribution in [3.63, 3.8) is 0 Å². The standard InChI is InChI=1S/C20H23FN8O/c1-13(15-10-14(21)4-5-18(15)30)23-19-6-7-20-22-11-17(29(20)25-19)16-12-28(26-24-16)9-8-27(2)3/h4-7,10-13,30H,8-9H2,1-3H3,(H,23,25)/t13-/m1/s1. The highest BCUT2D eigenvalue weighted by Crippen LogP contribution is 2.27. The molecule has 156 valence electrons. The smallest absolute Gasteiger partial charge is 0.154 e. The normalized spacial score (nSPS) is 12.6. The molecule has 0 radical (unpaired) electrons. The number of fused-ring (bicyclic) bond motifs is 1. The number of hydrogen-bond acceptors (Lipinski definition) is 7. The molecule has 30 heavy (non-hydrogen) atoms. The minimum absolute atomic E-state index is 0.0233. The molecule has 4 aromatic rings. The fourth-order valence-corrected chi connectivity index (χ4v) is 3.12. The van der Waals surface area contributed by atoms with Gasteiger partial charge in [0.2, 0.25) is 0 Å². The van der Waals surface area contributed by atoms with Crippen molar-refractivity contribution in [2.24, 2.45) is 0 Å². The second-order valence-electron chi connectivity index (χ2n) is 7.37. The summed E-state index contributed by atoms with van der Waals surface area (Å²) in [7, 11) is 4.01. The van der Waals surface area contributed by atoms with E-state index in [2.05, 4.69) is 30.6 Å². The molecular formula is C20H23FN8O. The Balaban J connectivity index is 1.59. The van der Waals surface area contributed by atoms with Gasteiger partial charge in [0.15, 0.2) is 5.65 Å². The van der Waals surface area contributed by atoms with E-state index in [1.165, 1.54) is 18.2 Å². The summed E-state index contributed by atoms with van der Waals surface area (Å²) in [5.74, 6) is 0.169. The molecular weight excluding hydrogens is 387 g/mol. The van der Waals surface area contributed by atoms with E-state index < -0.39 is 5.82 Å². The van der Waals surface area contributed by atoms with Gasteiger partial charge in [-0.1, -0.05) is 5.21 Å². The van der Waals surface area contributed by atoms with Crippen LogP contribution in [0.15, 0.2) is 42.7 Å². The number of hydrogen-bond donors (Lipinski definition) is 2. The highest BCUT2D eigenvalue weighted by atomic mass is 19.1. The summed E-state index contributed by atoms with van der Waals surface area (Å²) in [5, 5.41) is 26.2. The fourth-order valence-electron chi connectivity index (χ4n) is 3.12. The van der Waals surface area contributed by atoms with Gasteiger partial charge < -0.3 is 15.3 Å². The third-order valence-corrected chi connectivity index (χ3v) is 4.76. The zero-order valence-corrected chi connectivity index (χ0v) is 17.0. The maximum atomic E-state index is 13.6. The first-order valence-electron chi connectivity index (χ1n) is 9.55. The van der Waals surface area contributed by atoms with Crippen molar-refractivity contribution >= 4 is 11.5 Å². The zero-order chi connectivity index (χ0) is 21.3. The van der Waals surface area contributed by atoms with E-state index in [4.69, 9.17) is 0 Å². The zero-order valence-electron chi connectivity index (χ0n) is 17.0. The topological polar surface area (TPSA) is 96.4 Å². The number of phenols is 1. The molecule has 2 N–H and O–H groups in total. The highest BCUT2D eigenvalue weighted by molar-refractivity contribution is 5.59. The van der Waals surface area contributed by atoms with E-state index in [0.717, 1.165) is 13.1 Å². The van der Waals surface area contributed by atoms with Crippen LogP contribution in [0.2, 0.25) is 0 Å². The largest absolute Gasteiger partial charge is 0.508 e. The van der Waals surface area contributed by atoms with Crippen molar-refractivity contribution in [1.82, 2.24) is 34.5 Å². The summed E-state index contributed by atoms with van der Waals surface area (Å²) in [6, 6.07) is 7.12. The number of aromatic nitrogens is 6. The summed E-state index contributed by atoms with van der Waals surface area (Å²) < 4.78 is 17.0. The average molecular weight is 410 g/mol. The monoisotopic (exact) mass is 410 g/mol. The van der Waals surface area contributed by atoms with Gasteiger partial charge in [0.25, 0.3) is 0 Å². The molecule has 10 heteroatoms. The lowest BCUT2D eigenvalue weighted by atomic mass is 10.1. The maximum absolute atomic E-state index is 13.6. The lowest BCUT2D eigenvalue weighted by Gasteiger charge is -2.16. The molecule has 0 aliphatic rings. The first kappa shape index (κ1) is 19.8. The number of halogens is 1. The summed E-state index contributed by atoms with van der Waals surface area (Å²) in [5.41, 5.74) is 2.50. The Bertz CT molecular complexity index is 1170. The molecule has 0 spiro atoms. The predicted octanol–water partition coefficient (Wildman–Crippen LogP) is 2.57. The van der Waals surface area contributed by atoms with Crippen molar-refractivity contribution in [3.05, 3.63) is 54.1 Å². The second-order valence-corrected chi connectivity index (χ2v) is 7.37. The molecule has 0 aliphatic carbocycles. The number of benzene rings is 1. The van der Waals surface area contributed by atoms with Crippen LogP contribution in [0.25, 0.3) is 17.0 Å². The van der Waals surface area contributed by atoms with Gasteiger partial charge in [0.1, 0.15) is 28.8 Å². The van der Waals surface area contributed by atoms with E-state index in [1.54, 1.807) is 21.5 Å². The summed E-state index contributed by atoms with van der Waals surface area (Å²) in [4.78, 5) is 6.46. The van der Waals surface area contributed by atoms with Crippen molar-refractivity contribution in [2.45, 2.75) is 19.5 Å². The lowest BCUT2D eigenvalue weighted by Crippen LogP contribution is -2.18. The van der Waals surface area contributed by atoms with Gasteiger partial charge in [-0.15, -0.1) is 10.2 Å². The number of imidazole rings is 1. The molecule has 3 heterocycles. The van der Waals surface area contributed by atoms with Crippen molar-refractivity contribution in [3.8, 4) is 17.1 Å². The molecule has 0 bridgehead atoms. The van der Waals surface area contributed by atoms with Crippen LogP contribution in [-0.2, 0) is 6.54 Å². The van der Waals surface area contributed by atoms with Gasteiger partial charge in [-0.25, -0.2) is 13.9 Å². The number of nitrogens with zero attached hydrogens (tertiary/aromatic N) is 7. The Morgan fingerprint density at radius 3 is 2.87 bits per heavy atom. The van der Waals surface area contributed by atoms with Crippen molar-refractivity contribution in [2.75, 3.05) is 26.0 Å². The quantitative estimate of drug-likeness (QED) is 0.483. The van der Waals surface area contributed by atoms with Gasteiger partial charge in [0, 0.05) is 12.1 Å². The van der Waals surface area contributed by atoms with E-state index >= 15 is 0 Å². The lowest BCUT2D eigenvalue weighted by molar-refractivity contribution is 0.370. The van der Waals surface area contributed by atoms with E-state index in [9.17, 15) is 9.50 Å². The van der Waals surface area contributed by atoms with Gasteiger partial charge in [0.05, 0.1) is 25.0 Å². The van der Waals surface area contributed by atoms with Gasteiger partial charge in [-0.2, -0.15) is 0 Å². The number of nitrogens with one attached hydrogen (secondary N) is 1. The van der Waals surface area contributed by atoms with Gasteiger partial charge in [-0.05, 0) is 51.4 Å². The van der Waals surface area contributed by atoms with Gasteiger partial charge in [-0.3, -0.25) is 4.68 Å². The highest BCUT2D eigenvalue weighted by Gasteiger charge is 2.15. The Kier molecular flexibility index (Phi) is 5.32. The minimum Gasteiger partial charge on any atom is -0.508 e. The Morgan fingerprint density at radius 1 is 1.23 bits per heavy atom. The number of likely N-dealkylation sites (N-methyl/N-ethyl adjacent to an activating group) is 1. The molecule has 3 aromatic heterocycles. The predicted molar refractivity (Wildman–Crippen MR) is 111 cm³/mol. The van der Waals surface area contributed by atoms with Crippen molar-refractivity contribution in [1.29, 1.82) is 0 Å². The SMILES string of the molecule is C[C@@H](Nc1ccc2ncc(-c3cn(CCN(C)C)nn3)n2n1)c1cc(F)ccc1O. The van der Waals surface area contributed by atoms with E-state index in [-0.39, 0.29) is 11.8 Å². The van der Waals surface area contributed by atoms with E-state index in [0.29, 0.717) is 28.4 Å². The van der Waals surface area contributed by atoms with Crippen LogP contribution in [0.5, 0.6) is 5.75 Å². The molecule has 0 fully saturated rings. The van der Waals surface area contributed by atoms with E-state index in [1.807, 2.05) is 33.3 Å². The van der Waals surface area contributed by atoms with Crippen molar-refractivity contribution < 1.29 is 9.50 Å². The molecule has 1 atom stereocenters. The number of anilines is 1. The third kappa shape index (κ3) is 4.08. The molecule has 0 saturated heterocycles. The molecule has 0 saturated carbocycles. The van der Waals surface area contributed by atoms with Crippen LogP contribution < -0.4 is 5.32 Å². The van der Waals surface area contributed by atoms with Crippen LogP contribution in [0.3, 0.4) is 0 Å². The van der Waals surface area contributed by atoms with Gasteiger partial charge >= 0.3 is 0 Å². The Labute approximate surface area is 172 Å². The summed E-state index contributed by atoms with van der Waals surface area (Å²) in [6.07, 6.45) is 3.57. The molecule has 0 unspecified atom stereocenters. The molecule has 0 aliphatic heterocycles. The minimum atomic E-state index is -0.408. The van der Waals surface area contributed by atoms with Crippen LogP contribution in [0.1, 0.15) is 18.5 Å². The molecule has 4 rings (SSSR count). The first-order valence-corrected chi connectivity index (χ1v) is 9.55. The number of rotatable bonds is 7. The fraction of sp³-hybridized carbons (Fsp3) is 0.300. The number of aromatic hydroxyl groups is 1. The number of phenolic OH excluding ortho intramolecular Hbond substituents is 1.